The van der Waals surface area contributed by atoms with Gasteiger partial charge in [-0.25, -0.2) is 0 Å². The predicted octanol–water partition coefficient (Wildman–Crippen LogP) is 1.07. The standard InChI is InChI=1S/C11H16BrN7O/c1-3-19-9(8-13-10(12)16-14-8)15-17-11(19)18-4-5-20-7(2)6-18/h7H,3-6H2,1-2H3,(H,13,14,16). The molecule has 0 aromatic carbocycles. The van der Waals surface area contributed by atoms with Gasteiger partial charge >= 0.3 is 0 Å². The number of hydrogen-bond donors (Lipinski definition) is 1. The fraction of sp³-hybridized carbons (Fsp3) is 0.636. The van der Waals surface area contributed by atoms with Crippen molar-refractivity contribution < 1.29 is 4.74 Å². The van der Waals surface area contributed by atoms with Gasteiger partial charge in [-0.05, 0) is 29.8 Å². The normalized spacial score (nSPS) is 19.6. The molecule has 2 aromatic rings. The lowest BCUT2D eigenvalue weighted by molar-refractivity contribution is 0.0524. The molecule has 9 heteroatoms. The van der Waals surface area contributed by atoms with Crippen LogP contribution in [0.15, 0.2) is 4.73 Å². The van der Waals surface area contributed by atoms with Crippen LogP contribution in [0.1, 0.15) is 13.8 Å². The lowest BCUT2D eigenvalue weighted by Gasteiger charge is -2.31. The van der Waals surface area contributed by atoms with E-state index in [0.717, 1.165) is 25.6 Å². The predicted molar refractivity (Wildman–Crippen MR) is 76.4 cm³/mol. The molecule has 0 aliphatic carbocycles. The Kier molecular flexibility index (Phi) is 3.70. The Morgan fingerprint density at radius 3 is 2.95 bits per heavy atom. The van der Waals surface area contributed by atoms with Crippen LogP contribution in [-0.4, -0.2) is 55.7 Å². The number of ether oxygens (including phenoxy) is 1. The zero-order valence-corrected chi connectivity index (χ0v) is 13.0. The molecule has 0 radical (unpaired) electrons. The van der Waals surface area contributed by atoms with E-state index in [2.05, 4.69) is 60.1 Å². The highest BCUT2D eigenvalue weighted by Crippen LogP contribution is 2.22. The van der Waals surface area contributed by atoms with E-state index in [4.69, 9.17) is 4.74 Å². The average Bonchev–Trinajstić information content (AvgIpc) is 3.04. The summed E-state index contributed by atoms with van der Waals surface area (Å²) in [4.78, 5) is 6.44. The van der Waals surface area contributed by atoms with Crippen LogP contribution in [0.2, 0.25) is 0 Å². The summed E-state index contributed by atoms with van der Waals surface area (Å²) in [7, 11) is 0. The maximum absolute atomic E-state index is 5.56. The maximum atomic E-state index is 5.56. The summed E-state index contributed by atoms with van der Waals surface area (Å²) in [5.41, 5.74) is 0. The topological polar surface area (TPSA) is 84.8 Å². The first kappa shape index (κ1) is 13.5. The second kappa shape index (κ2) is 5.49. The van der Waals surface area contributed by atoms with Crippen LogP contribution in [0.4, 0.5) is 5.95 Å². The lowest BCUT2D eigenvalue weighted by atomic mass is 10.3. The Morgan fingerprint density at radius 2 is 2.30 bits per heavy atom. The molecular formula is C11H16BrN7O. The first-order chi connectivity index (χ1) is 9.69. The summed E-state index contributed by atoms with van der Waals surface area (Å²) in [6.45, 7) is 7.22. The maximum Gasteiger partial charge on any atom is 0.227 e. The van der Waals surface area contributed by atoms with Gasteiger partial charge < -0.3 is 9.64 Å². The molecule has 0 bridgehead atoms. The van der Waals surface area contributed by atoms with Crippen molar-refractivity contribution in [3.8, 4) is 11.6 Å². The second-order valence-electron chi connectivity index (χ2n) is 4.65. The fourth-order valence-corrected chi connectivity index (χ4v) is 2.58. The van der Waals surface area contributed by atoms with Gasteiger partial charge in [0.05, 0.1) is 12.7 Å². The number of halogens is 1. The first-order valence-electron chi connectivity index (χ1n) is 6.57. The zero-order valence-electron chi connectivity index (χ0n) is 11.4. The number of hydrogen-bond acceptors (Lipinski definition) is 6. The number of nitrogens with zero attached hydrogens (tertiary/aromatic N) is 6. The molecule has 1 fully saturated rings. The van der Waals surface area contributed by atoms with Crippen LogP contribution in [0, 0.1) is 0 Å². The minimum atomic E-state index is 0.201. The second-order valence-corrected chi connectivity index (χ2v) is 5.40. The summed E-state index contributed by atoms with van der Waals surface area (Å²) >= 11 is 3.25. The molecule has 0 amide bonds. The number of aromatic nitrogens is 6. The van der Waals surface area contributed by atoms with Gasteiger partial charge in [-0.15, -0.1) is 15.3 Å². The van der Waals surface area contributed by atoms with Gasteiger partial charge in [-0.2, -0.15) is 4.98 Å². The van der Waals surface area contributed by atoms with Crippen molar-refractivity contribution in [1.82, 2.24) is 29.9 Å². The average molecular weight is 342 g/mol. The number of rotatable bonds is 3. The number of anilines is 1. The first-order valence-corrected chi connectivity index (χ1v) is 7.36. The Labute approximate surface area is 124 Å². The van der Waals surface area contributed by atoms with E-state index in [1.165, 1.54) is 0 Å². The van der Waals surface area contributed by atoms with Crippen molar-refractivity contribution in [3.63, 3.8) is 0 Å². The fourth-order valence-electron chi connectivity index (χ4n) is 2.33. The van der Waals surface area contributed by atoms with Gasteiger partial charge in [0, 0.05) is 19.6 Å². The summed E-state index contributed by atoms with van der Waals surface area (Å²) in [6.07, 6.45) is 0.201. The lowest BCUT2D eigenvalue weighted by Crippen LogP contribution is -2.42. The molecule has 0 saturated carbocycles. The van der Waals surface area contributed by atoms with Crippen LogP contribution in [0.25, 0.3) is 11.6 Å². The summed E-state index contributed by atoms with van der Waals surface area (Å²) in [5.74, 6) is 2.06. The summed E-state index contributed by atoms with van der Waals surface area (Å²) < 4.78 is 8.17. The van der Waals surface area contributed by atoms with Crippen LogP contribution in [-0.2, 0) is 11.3 Å². The van der Waals surface area contributed by atoms with Crippen molar-refractivity contribution in [3.05, 3.63) is 4.73 Å². The van der Waals surface area contributed by atoms with E-state index in [0.29, 0.717) is 23.0 Å². The highest BCUT2D eigenvalue weighted by Gasteiger charge is 2.24. The molecule has 8 nitrogen and oxygen atoms in total. The van der Waals surface area contributed by atoms with E-state index >= 15 is 0 Å². The largest absolute Gasteiger partial charge is 0.375 e. The van der Waals surface area contributed by atoms with E-state index in [1.54, 1.807) is 0 Å². The summed E-state index contributed by atoms with van der Waals surface area (Å²) in [5, 5.41) is 15.4. The zero-order chi connectivity index (χ0) is 14.1. The summed E-state index contributed by atoms with van der Waals surface area (Å²) in [6, 6.07) is 0. The van der Waals surface area contributed by atoms with Crippen LogP contribution in [0.3, 0.4) is 0 Å². The van der Waals surface area contributed by atoms with Gasteiger partial charge in [-0.1, -0.05) is 0 Å². The van der Waals surface area contributed by atoms with E-state index in [1.807, 2.05) is 4.57 Å². The van der Waals surface area contributed by atoms with Crippen molar-refractivity contribution in [2.75, 3.05) is 24.6 Å². The van der Waals surface area contributed by atoms with Gasteiger partial charge in [0.2, 0.25) is 17.6 Å². The molecule has 1 N–H and O–H groups in total. The van der Waals surface area contributed by atoms with Crippen molar-refractivity contribution in [1.29, 1.82) is 0 Å². The minimum Gasteiger partial charge on any atom is -0.375 e. The van der Waals surface area contributed by atoms with Crippen molar-refractivity contribution in [2.24, 2.45) is 0 Å². The van der Waals surface area contributed by atoms with Crippen molar-refractivity contribution >= 4 is 21.9 Å². The minimum absolute atomic E-state index is 0.201. The Hall–Kier alpha value is -1.48. The third kappa shape index (κ3) is 2.42. The Morgan fingerprint density at radius 1 is 1.45 bits per heavy atom. The van der Waals surface area contributed by atoms with Gasteiger partial charge in [-0.3, -0.25) is 9.67 Å². The van der Waals surface area contributed by atoms with Gasteiger partial charge in [0.15, 0.2) is 4.73 Å². The van der Waals surface area contributed by atoms with Crippen LogP contribution in [0.5, 0.6) is 0 Å². The van der Waals surface area contributed by atoms with Gasteiger partial charge in [0.1, 0.15) is 0 Å². The smallest absolute Gasteiger partial charge is 0.227 e. The third-order valence-electron chi connectivity index (χ3n) is 3.23. The van der Waals surface area contributed by atoms with Crippen molar-refractivity contribution in [2.45, 2.75) is 26.5 Å². The SMILES string of the molecule is CCn1c(-c2n[nH]c(Br)n2)nnc1N1CCOC(C)C1. The Balaban J connectivity index is 1.94. The van der Waals surface area contributed by atoms with E-state index in [9.17, 15) is 0 Å². The van der Waals surface area contributed by atoms with E-state index < -0.39 is 0 Å². The highest BCUT2D eigenvalue weighted by atomic mass is 79.9. The molecule has 2 aromatic heterocycles. The molecule has 3 heterocycles. The van der Waals surface area contributed by atoms with E-state index in [-0.39, 0.29) is 6.10 Å². The molecular weight excluding hydrogens is 326 g/mol. The van der Waals surface area contributed by atoms with Crippen LogP contribution < -0.4 is 4.90 Å². The Bertz CT molecular complexity index is 595. The monoisotopic (exact) mass is 341 g/mol. The third-order valence-corrected chi connectivity index (χ3v) is 3.58. The molecule has 3 rings (SSSR count). The molecule has 1 unspecified atom stereocenters. The number of morpholine rings is 1. The highest BCUT2D eigenvalue weighted by molar-refractivity contribution is 9.10. The quantitative estimate of drug-likeness (QED) is 0.898. The number of nitrogens with one attached hydrogen (secondary N) is 1. The van der Waals surface area contributed by atoms with Crippen LogP contribution >= 0.6 is 15.9 Å². The molecule has 1 saturated heterocycles. The molecule has 20 heavy (non-hydrogen) atoms. The number of H-pyrrole nitrogens is 1. The molecule has 108 valence electrons. The van der Waals surface area contributed by atoms with Gasteiger partial charge in [0.25, 0.3) is 0 Å². The molecule has 1 aliphatic rings. The molecule has 1 atom stereocenters. The molecule has 0 spiro atoms. The molecule has 1 aliphatic heterocycles. The number of aromatic amines is 1.